The molecule has 0 N–H and O–H groups in total. The van der Waals surface area contributed by atoms with E-state index in [0.29, 0.717) is 18.4 Å². The van der Waals surface area contributed by atoms with Crippen LogP contribution in [-0.4, -0.2) is 42.1 Å². The van der Waals surface area contributed by atoms with E-state index in [-0.39, 0.29) is 5.92 Å². The van der Waals surface area contributed by atoms with E-state index < -0.39 is 0 Å². The first-order valence-corrected chi connectivity index (χ1v) is 8.59. The number of carbonyl (C=O) groups is 1. The van der Waals surface area contributed by atoms with Crippen molar-refractivity contribution in [1.82, 2.24) is 9.88 Å². The zero-order valence-electron chi connectivity index (χ0n) is 13.2. The molecule has 1 atom stereocenters. The van der Waals surface area contributed by atoms with Crippen LogP contribution in [0.15, 0.2) is 24.4 Å². The van der Waals surface area contributed by atoms with Gasteiger partial charge in [-0.25, -0.2) is 0 Å². The Bertz CT molecular complexity index is 471. The standard InChI is InChI=1S/C18H26N2O2/c21-18(16-6-2-1-3-7-16)20-10-11-22-14-15(13-20)12-17-8-4-5-9-19-17/h4-5,8-9,15-16H,1-3,6-7,10-14H2. The van der Waals surface area contributed by atoms with Crippen LogP contribution >= 0.6 is 0 Å². The molecule has 1 aromatic heterocycles. The molecule has 22 heavy (non-hydrogen) atoms. The van der Waals surface area contributed by atoms with Crippen molar-refractivity contribution in [3.8, 4) is 0 Å². The lowest BCUT2D eigenvalue weighted by molar-refractivity contribution is -0.137. The maximum absolute atomic E-state index is 12.8. The minimum Gasteiger partial charge on any atom is -0.379 e. The van der Waals surface area contributed by atoms with E-state index in [1.165, 1.54) is 19.3 Å². The van der Waals surface area contributed by atoms with Gasteiger partial charge in [-0.15, -0.1) is 0 Å². The van der Waals surface area contributed by atoms with Gasteiger partial charge in [-0.1, -0.05) is 25.3 Å². The van der Waals surface area contributed by atoms with Crippen molar-refractivity contribution >= 4 is 5.91 Å². The molecule has 0 bridgehead atoms. The zero-order valence-corrected chi connectivity index (χ0v) is 13.2. The van der Waals surface area contributed by atoms with Gasteiger partial charge < -0.3 is 9.64 Å². The SMILES string of the molecule is O=C(C1CCCCC1)N1CCOCC(Cc2ccccn2)C1. The van der Waals surface area contributed by atoms with E-state index in [1.807, 2.05) is 18.3 Å². The summed E-state index contributed by atoms with van der Waals surface area (Å²) in [5, 5.41) is 0. The average Bonchev–Trinajstić information content (AvgIpc) is 2.81. The molecule has 4 heteroatoms. The van der Waals surface area contributed by atoms with Crippen molar-refractivity contribution < 1.29 is 9.53 Å². The van der Waals surface area contributed by atoms with E-state index in [2.05, 4.69) is 16.0 Å². The molecule has 0 aromatic carbocycles. The quantitative estimate of drug-likeness (QED) is 0.862. The Balaban J connectivity index is 1.60. The smallest absolute Gasteiger partial charge is 0.225 e. The Hall–Kier alpha value is -1.42. The summed E-state index contributed by atoms with van der Waals surface area (Å²) in [6.45, 7) is 2.95. The fourth-order valence-corrected chi connectivity index (χ4v) is 3.63. The van der Waals surface area contributed by atoms with Crippen LogP contribution in [0.25, 0.3) is 0 Å². The molecule has 1 amide bonds. The third-order valence-electron chi connectivity index (χ3n) is 4.83. The van der Waals surface area contributed by atoms with Crippen LogP contribution in [0.1, 0.15) is 37.8 Å². The summed E-state index contributed by atoms with van der Waals surface area (Å²) in [6.07, 6.45) is 8.56. The van der Waals surface area contributed by atoms with Gasteiger partial charge in [0.25, 0.3) is 0 Å². The molecule has 0 radical (unpaired) electrons. The molecule has 1 saturated carbocycles. The van der Waals surface area contributed by atoms with Crippen LogP contribution in [0.3, 0.4) is 0 Å². The Kier molecular flexibility index (Phi) is 5.43. The highest BCUT2D eigenvalue weighted by molar-refractivity contribution is 5.79. The number of pyridine rings is 1. The van der Waals surface area contributed by atoms with Crippen LogP contribution in [-0.2, 0) is 16.0 Å². The summed E-state index contributed by atoms with van der Waals surface area (Å²) in [4.78, 5) is 19.2. The maximum atomic E-state index is 12.8. The lowest BCUT2D eigenvalue weighted by atomic mass is 9.88. The molecular formula is C18H26N2O2. The van der Waals surface area contributed by atoms with Gasteiger partial charge in [0.1, 0.15) is 0 Å². The minimum atomic E-state index is 0.252. The number of carbonyl (C=O) groups excluding carboxylic acids is 1. The Morgan fingerprint density at radius 3 is 2.91 bits per heavy atom. The van der Waals surface area contributed by atoms with Crippen molar-refractivity contribution in [3.05, 3.63) is 30.1 Å². The lowest BCUT2D eigenvalue weighted by Crippen LogP contribution is -2.40. The maximum Gasteiger partial charge on any atom is 0.225 e. The van der Waals surface area contributed by atoms with Crippen LogP contribution in [0.2, 0.25) is 0 Å². The Labute approximate surface area is 132 Å². The van der Waals surface area contributed by atoms with Gasteiger partial charge in [0, 0.05) is 36.8 Å². The van der Waals surface area contributed by atoms with E-state index in [0.717, 1.165) is 44.7 Å². The van der Waals surface area contributed by atoms with Crippen LogP contribution in [0, 0.1) is 11.8 Å². The van der Waals surface area contributed by atoms with Crippen LogP contribution in [0.5, 0.6) is 0 Å². The predicted octanol–water partition coefficient (Wildman–Crippen LogP) is 2.68. The first-order chi connectivity index (χ1) is 10.8. The van der Waals surface area contributed by atoms with Crippen molar-refractivity contribution in [2.75, 3.05) is 26.3 Å². The number of nitrogens with zero attached hydrogens (tertiary/aromatic N) is 2. The molecule has 120 valence electrons. The van der Waals surface area contributed by atoms with E-state index in [4.69, 9.17) is 4.74 Å². The van der Waals surface area contributed by atoms with Gasteiger partial charge in [0.15, 0.2) is 0 Å². The highest BCUT2D eigenvalue weighted by Gasteiger charge is 2.29. The summed E-state index contributed by atoms with van der Waals surface area (Å²) < 4.78 is 5.73. The van der Waals surface area contributed by atoms with Gasteiger partial charge >= 0.3 is 0 Å². The van der Waals surface area contributed by atoms with E-state index in [9.17, 15) is 4.79 Å². The topological polar surface area (TPSA) is 42.4 Å². The molecule has 1 aromatic rings. The molecular weight excluding hydrogens is 276 g/mol. The van der Waals surface area contributed by atoms with Gasteiger partial charge in [-0.05, 0) is 31.4 Å². The molecule has 1 aliphatic heterocycles. The second-order valence-corrected chi connectivity index (χ2v) is 6.59. The second kappa shape index (κ2) is 7.73. The van der Waals surface area contributed by atoms with Gasteiger partial charge in [-0.2, -0.15) is 0 Å². The molecule has 2 aliphatic rings. The van der Waals surface area contributed by atoms with Crippen molar-refractivity contribution in [3.63, 3.8) is 0 Å². The molecule has 2 heterocycles. The minimum absolute atomic E-state index is 0.252. The highest BCUT2D eigenvalue weighted by atomic mass is 16.5. The number of hydrogen-bond donors (Lipinski definition) is 0. The fraction of sp³-hybridized carbons (Fsp3) is 0.667. The number of amides is 1. The number of hydrogen-bond acceptors (Lipinski definition) is 3. The molecule has 1 saturated heterocycles. The first-order valence-electron chi connectivity index (χ1n) is 8.59. The van der Waals surface area contributed by atoms with E-state index in [1.54, 1.807) is 0 Å². The Morgan fingerprint density at radius 1 is 1.27 bits per heavy atom. The molecule has 3 rings (SSSR count). The zero-order chi connectivity index (χ0) is 15.2. The largest absolute Gasteiger partial charge is 0.379 e. The number of ether oxygens (including phenoxy) is 1. The molecule has 1 aliphatic carbocycles. The third kappa shape index (κ3) is 4.07. The average molecular weight is 302 g/mol. The third-order valence-corrected chi connectivity index (χ3v) is 4.83. The molecule has 0 spiro atoms. The van der Waals surface area contributed by atoms with Crippen LogP contribution < -0.4 is 0 Å². The monoisotopic (exact) mass is 302 g/mol. The second-order valence-electron chi connectivity index (χ2n) is 6.59. The number of aromatic nitrogens is 1. The summed E-state index contributed by atoms with van der Waals surface area (Å²) in [6, 6.07) is 6.01. The summed E-state index contributed by atoms with van der Waals surface area (Å²) in [5.74, 6) is 0.962. The summed E-state index contributed by atoms with van der Waals surface area (Å²) in [5.41, 5.74) is 1.09. The van der Waals surface area contributed by atoms with Gasteiger partial charge in [-0.3, -0.25) is 9.78 Å². The predicted molar refractivity (Wildman–Crippen MR) is 85.4 cm³/mol. The van der Waals surface area contributed by atoms with E-state index >= 15 is 0 Å². The molecule has 2 fully saturated rings. The fourth-order valence-electron chi connectivity index (χ4n) is 3.63. The Morgan fingerprint density at radius 2 is 2.14 bits per heavy atom. The summed E-state index contributed by atoms with van der Waals surface area (Å²) >= 11 is 0. The molecule has 1 unspecified atom stereocenters. The van der Waals surface area contributed by atoms with Gasteiger partial charge in [0.2, 0.25) is 5.91 Å². The highest BCUT2D eigenvalue weighted by Crippen LogP contribution is 2.26. The van der Waals surface area contributed by atoms with Crippen LogP contribution in [0.4, 0.5) is 0 Å². The van der Waals surface area contributed by atoms with Crippen molar-refractivity contribution in [2.24, 2.45) is 11.8 Å². The summed E-state index contributed by atoms with van der Waals surface area (Å²) in [7, 11) is 0. The number of rotatable bonds is 3. The molecule has 4 nitrogen and oxygen atoms in total. The first kappa shape index (κ1) is 15.5. The van der Waals surface area contributed by atoms with Gasteiger partial charge in [0.05, 0.1) is 13.2 Å². The van der Waals surface area contributed by atoms with Crippen molar-refractivity contribution in [2.45, 2.75) is 38.5 Å². The van der Waals surface area contributed by atoms with Crippen molar-refractivity contribution in [1.29, 1.82) is 0 Å². The lowest BCUT2D eigenvalue weighted by Gasteiger charge is -2.29. The normalized spacial score (nSPS) is 24.0.